The fraction of sp³-hybridized carbons (Fsp3) is 0.632. The van der Waals surface area contributed by atoms with Crippen LogP contribution in [-0.4, -0.2) is 32.7 Å². The third-order valence-corrected chi connectivity index (χ3v) is 7.58. The first-order chi connectivity index (χ1) is 12.3. The molecule has 4 aliphatic carbocycles. The van der Waals surface area contributed by atoms with Gasteiger partial charge in [0.15, 0.2) is 0 Å². The Hall–Kier alpha value is -1.60. The van der Waals surface area contributed by atoms with Crippen molar-refractivity contribution < 1.29 is 17.4 Å². The van der Waals surface area contributed by atoms with Gasteiger partial charge >= 0.3 is 10.3 Å². The second-order valence-corrected chi connectivity index (χ2v) is 10.3. The Labute approximate surface area is 155 Å². The van der Waals surface area contributed by atoms with Gasteiger partial charge in [-0.05, 0) is 80.5 Å². The van der Waals surface area contributed by atoms with E-state index in [0.717, 1.165) is 41.3 Å². The molecule has 0 heterocycles. The number of amides is 1. The van der Waals surface area contributed by atoms with Gasteiger partial charge in [0, 0.05) is 19.8 Å². The average Bonchev–Trinajstić information content (AvgIpc) is 2.55. The van der Waals surface area contributed by atoms with Gasteiger partial charge in [0.2, 0.25) is 5.91 Å². The first-order valence-corrected chi connectivity index (χ1v) is 10.7. The maximum atomic E-state index is 13.0. The Balaban J connectivity index is 1.44. The van der Waals surface area contributed by atoms with Gasteiger partial charge in [-0.2, -0.15) is 12.7 Å². The van der Waals surface area contributed by atoms with Gasteiger partial charge in [0.25, 0.3) is 0 Å². The quantitative estimate of drug-likeness (QED) is 0.854. The molecular formula is C19H26N2O4S. The second kappa shape index (κ2) is 6.23. The fourth-order valence-corrected chi connectivity index (χ4v) is 5.95. The molecule has 1 aromatic carbocycles. The minimum Gasteiger partial charge on any atom is -0.371 e. The van der Waals surface area contributed by atoms with E-state index >= 15 is 0 Å². The minimum atomic E-state index is -3.77. The standard InChI is InChI=1S/C19H26N2O4S/c1-21(2)26(23,24)25-17-5-3-16(4-6-17)20-18(22)19-10-13-7-14(11-19)9-15(8-13)12-19/h3-6,13-15H,7-12H2,1-2H3,(H,20,22). The van der Waals surface area contributed by atoms with Gasteiger partial charge in [0.1, 0.15) is 5.75 Å². The van der Waals surface area contributed by atoms with E-state index in [1.54, 1.807) is 24.3 Å². The van der Waals surface area contributed by atoms with E-state index in [9.17, 15) is 13.2 Å². The molecule has 4 fully saturated rings. The van der Waals surface area contributed by atoms with E-state index < -0.39 is 10.3 Å². The molecular weight excluding hydrogens is 352 g/mol. The predicted molar refractivity (Wildman–Crippen MR) is 98.9 cm³/mol. The fourth-order valence-electron chi connectivity index (χ4n) is 5.44. The normalized spacial score (nSPS) is 32.7. The van der Waals surface area contributed by atoms with Crippen molar-refractivity contribution in [2.75, 3.05) is 19.4 Å². The minimum absolute atomic E-state index is 0.131. The third-order valence-electron chi connectivity index (χ3n) is 6.28. The molecule has 4 saturated carbocycles. The van der Waals surface area contributed by atoms with Crippen LogP contribution in [-0.2, 0) is 15.1 Å². The highest BCUT2D eigenvalue weighted by Crippen LogP contribution is 2.60. The van der Waals surface area contributed by atoms with Crippen molar-refractivity contribution in [2.45, 2.75) is 38.5 Å². The van der Waals surface area contributed by atoms with Crippen LogP contribution in [0, 0.1) is 23.2 Å². The Morgan fingerprint density at radius 3 is 2.00 bits per heavy atom. The summed E-state index contributed by atoms with van der Waals surface area (Å²) in [5.74, 6) is 2.52. The Morgan fingerprint density at radius 2 is 1.54 bits per heavy atom. The summed E-state index contributed by atoms with van der Waals surface area (Å²) in [6, 6.07) is 6.52. The maximum Gasteiger partial charge on any atom is 0.384 e. The van der Waals surface area contributed by atoms with Gasteiger partial charge in [-0.1, -0.05) is 0 Å². The summed E-state index contributed by atoms with van der Waals surface area (Å²) in [5.41, 5.74) is 0.485. The van der Waals surface area contributed by atoms with Crippen molar-refractivity contribution in [1.29, 1.82) is 0 Å². The molecule has 0 atom stereocenters. The molecule has 5 rings (SSSR count). The largest absolute Gasteiger partial charge is 0.384 e. The number of anilines is 1. The van der Waals surface area contributed by atoms with Gasteiger partial charge < -0.3 is 9.50 Å². The topological polar surface area (TPSA) is 75.7 Å². The molecule has 4 aliphatic rings. The van der Waals surface area contributed by atoms with Crippen molar-refractivity contribution in [3.05, 3.63) is 24.3 Å². The molecule has 1 N–H and O–H groups in total. The lowest BCUT2D eigenvalue weighted by atomic mass is 9.49. The van der Waals surface area contributed by atoms with E-state index in [0.29, 0.717) is 5.69 Å². The average molecular weight is 378 g/mol. The molecule has 1 aromatic rings. The molecule has 0 radical (unpaired) electrons. The Kier molecular flexibility index (Phi) is 4.27. The van der Waals surface area contributed by atoms with Crippen LogP contribution in [0.15, 0.2) is 24.3 Å². The van der Waals surface area contributed by atoms with Crippen LogP contribution in [0.1, 0.15) is 38.5 Å². The zero-order valence-corrected chi connectivity index (χ0v) is 16.1. The molecule has 1 amide bonds. The smallest absolute Gasteiger partial charge is 0.371 e. The number of hydrogen-bond acceptors (Lipinski definition) is 4. The zero-order chi connectivity index (χ0) is 18.5. The molecule has 0 spiro atoms. The summed E-state index contributed by atoms with van der Waals surface area (Å²) in [4.78, 5) is 13.0. The van der Waals surface area contributed by atoms with Crippen molar-refractivity contribution in [3.8, 4) is 5.75 Å². The van der Waals surface area contributed by atoms with E-state index in [4.69, 9.17) is 4.18 Å². The Bertz CT molecular complexity index is 766. The van der Waals surface area contributed by atoms with Crippen LogP contribution < -0.4 is 9.50 Å². The summed E-state index contributed by atoms with van der Waals surface area (Å²) in [6.07, 6.45) is 6.98. The van der Waals surface area contributed by atoms with E-state index in [1.807, 2.05) is 0 Å². The summed E-state index contributed by atoms with van der Waals surface area (Å²) in [6.45, 7) is 0. The van der Waals surface area contributed by atoms with Gasteiger partial charge in [0.05, 0.1) is 5.41 Å². The van der Waals surface area contributed by atoms with Crippen LogP contribution in [0.2, 0.25) is 0 Å². The summed E-state index contributed by atoms with van der Waals surface area (Å²) in [5, 5.41) is 3.06. The first kappa shape index (κ1) is 17.8. The van der Waals surface area contributed by atoms with E-state index in [1.165, 1.54) is 33.4 Å². The number of benzene rings is 1. The molecule has 26 heavy (non-hydrogen) atoms. The molecule has 142 valence electrons. The number of carbonyl (C=O) groups is 1. The van der Waals surface area contributed by atoms with Crippen molar-refractivity contribution >= 4 is 21.9 Å². The van der Waals surface area contributed by atoms with Crippen molar-refractivity contribution in [2.24, 2.45) is 23.2 Å². The first-order valence-electron chi connectivity index (χ1n) is 9.29. The third kappa shape index (κ3) is 3.22. The monoisotopic (exact) mass is 378 g/mol. The van der Waals surface area contributed by atoms with Crippen molar-refractivity contribution in [1.82, 2.24) is 4.31 Å². The highest BCUT2D eigenvalue weighted by atomic mass is 32.2. The number of hydrogen-bond donors (Lipinski definition) is 1. The van der Waals surface area contributed by atoms with Gasteiger partial charge in [-0.3, -0.25) is 4.79 Å². The van der Waals surface area contributed by atoms with Crippen molar-refractivity contribution in [3.63, 3.8) is 0 Å². The van der Waals surface area contributed by atoms with Gasteiger partial charge in [-0.15, -0.1) is 0 Å². The van der Waals surface area contributed by atoms with E-state index in [2.05, 4.69) is 5.32 Å². The number of nitrogens with one attached hydrogen (secondary N) is 1. The lowest BCUT2D eigenvalue weighted by molar-refractivity contribution is -0.140. The molecule has 0 saturated heterocycles. The lowest BCUT2D eigenvalue weighted by Gasteiger charge is -2.55. The molecule has 4 bridgehead atoms. The van der Waals surface area contributed by atoms with Crippen LogP contribution in [0.4, 0.5) is 5.69 Å². The number of nitrogens with zero attached hydrogens (tertiary/aromatic N) is 1. The molecule has 0 aromatic heterocycles. The number of rotatable bonds is 5. The van der Waals surface area contributed by atoms with Crippen LogP contribution in [0.25, 0.3) is 0 Å². The zero-order valence-electron chi connectivity index (χ0n) is 15.3. The molecule has 0 aliphatic heterocycles. The molecule has 0 unspecified atom stereocenters. The van der Waals surface area contributed by atoms with Crippen LogP contribution in [0.3, 0.4) is 0 Å². The Morgan fingerprint density at radius 1 is 1.04 bits per heavy atom. The van der Waals surface area contributed by atoms with Crippen LogP contribution in [0.5, 0.6) is 5.75 Å². The van der Waals surface area contributed by atoms with E-state index in [-0.39, 0.29) is 17.1 Å². The highest BCUT2D eigenvalue weighted by Gasteiger charge is 2.54. The van der Waals surface area contributed by atoms with Crippen LogP contribution >= 0.6 is 0 Å². The summed E-state index contributed by atoms with van der Waals surface area (Å²) in [7, 11) is -0.948. The highest BCUT2D eigenvalue weighted by molar-refractivity contribution is 7.84. The predicted octanol–water partition coefficient (Wildman–Crippen LogP) is 3.03. The maximum absolute atomic E-state index is 13.0. The lowest BCUT2D eigenvalue weighted by Crippen LogP contribution is -2.51. The number of carbonyl (C=O) groups excluding carboxylic acids is 1. The molecule has 6 nitrogen and oxygen atoms in total. The SMILES string of the molecule is CN(C)S(=O)(=O)Oc1ccc(NC(=O)C23CC4CC(CC(C4)C2)C3)cc1. The summed E-state index contributed by atoms with van der Waals surface area (Å²) >= 11 is 0. The summed E-state index contributed by atoms with van der Waals surface area (Å²) < 4.78 is 29.5. The van der Waals surface area contributed by atoms with Gasteiger partial charge in [-0.25, -0.2) is 0 Å². The second-order valence-electron chi connectivity index (χ2n) is 8.50. The molecule has 7 heteroatoms.